The van der Waals surface area contributed by atoms with E-state index in [2.05, 4.69) is 0 Å². The van der Waals surface area contributed by atoms with Crippen LogP contribution < -0.4 is 0 Å². The van der Waals surface area contributed by atoms with E-state index in [0.29, 0.717) is 16.4 Å². The molecule has 140 valence electrons. The van der Waals surface area contributed by atoms with Crippen molar-refractivity contribution in [1.29, 1.82) is 0 Å². The summed E-state index contributed by atoms with van der Waals surface area (Å²) < 4.78 is 1.19. The number of thiocarbonyl (C=S) groups is 1. The van der Waals surface area contributed by atoms with E-state index in [4.69, 9.17) is 12.2 Å². The van der Waals surface area contributed by atoms with Gasteiger partial charge in [0, 0.05) is 17.7 Å². The second-order valence-corrected chi connectivity index (χ2v) is 9.08. The molecule has 0 aromatic heterocycles. The number of nitro groups is 1. The highest BCUT2D eigenvalue weighted by Crippen LogP contribution is 2.42. The largest absolute Gasteiger partial charge is 0.622 e. The van der Waals surface area contributed by atoms with Crippen molar-refractivity contribution in [3.05, 3.63) is 81.0 Å². The van der Waals surface area contributed by atoms with E-state index in [1.807, 2.05) is 49.1 Å². The Morgan fingerprint density at radius 2 is 1.78 bits per heavy atom. The molecular weight excluding hydrogens is 382 g/mol. The average Bonchev–Trinajstić information content (AvgIpc) is 2.84. The fourth-order valence-corrected chi connectivity index (χ4v) is 4.96. The van der Waals surface area contributed by atoms with Crippen LogP contribution in [0.4, 0.5) is 5.69 Å². The zero-order chi connectivity index (χ0) is 19.6. The molecule has 0 radical (unpaired) electrons. The van der Waals surface area contributed by atoms with Crippen LogP contribution in [0.3, 0.4) is 0 Å². The number of hydrogen-bond acceptors (Lipinski definition) is 5. The highest BCUT2D eigenvalue weighted by Gasteiger charge is 2.50. The summed E-state index contributed by atoms with van der Waals surface area (Å²) in [6.45, 7) is 4.54. The van der Waals surface area contributed by atoms with Crippen LogP contribution in [0.15, 0.2) is 54.6 Å². The van der Waals surface area contributed by atoms with Crippen molar-refractivity contribution in [3.63, 3.8) is 0 Å². The quantitative estimate of drug-likeness (QED) is 0.187. The number of thioether (sulfide) groups is 1. The number of rotatable bonds is 5. The standard InChI is InChI=1S/C19H19N3O3S2/c1-19(2)17(20(18(26)27-19)12-14-6-4-3-5-7-14)21(23)13-15-8-10-16(11-9-15)22(24)25/h3-11,13,17H,12H2,1-2H3/b21-13-. The molecule has 1 saturated heterocycles. The van der Waals surface area contributed by atoms with E-state index in [0.717, 1.165) is 10.3 Å². The van der Waals surface area contributed by atoms with E-state index in [9.17, 15) is 15.3 Å². The first kappa shape index (κ1) is 19.3. The monoisotopic (exact) mass is 401 g/mol. The van der Waals surface area contributed by atoms with Gasteiger partial charge in [0.05, 0.1) is 11.5 Å². The fraction of sp³-hybridized carbons (Fsp3) is 0.263. The lowest BCUT2D eigenvalue weighted by Gasteiger charge is -2.29. The Hall–Kier alpha value is -2.45. The van der Waals surface area contributed by atoms with Crippen molar-refractivity contribution in [1.82, 2.24) is 4.90 Å². The zero-order valence-electron chi connectivity index (χ0n) is 14.9. The smallest absolute Gasteiger partial charge is 0.269 e. The minimum absolute atomic E-state index is 0.00627. The van der Waals surface area contributed by atoms with Gasteiger partial charge in [-0.05, 0) is 31.5 Å². The van der Waals surface area contributed by atoms with Gasteiger partial charge in [0.2, 0.25) is 0 Å². The summed E-state index contributed by atoms with van der Waals surface area (Å²) in [5, 5.41) is 23.8. The molecule has 8 heteroatoms. The van der Waals surface area contributed by atoms with Crippen LogP contribution >= 0.6 is 24.0 Å². The van der Waals surface area contributed by atoms with Gasteiger partial charge in [0.15, 0.2) is 6.21 Å². The zero-order valence-corrected chi connectivity index (χ0v) is 16.6. The number of benzene rings is 2. The molecule has 0 bridgehead atoms. The number of hydroxylamine groups is 1. The molecule has 1 aliphatic heterocycles. The highest BCUT2D eigenvalue weighted by molar-refractivity contribution is 8.24. The summed E-state index contributed by atoms with van der Waals surface area (Å²) in [5.74, 6) is 0. The number of non-ortho nitro benzene ring substituents is 1. The highest BCUT2D eigenvalue weighted by atomic mass is 32.2. The summed E-state index contributed by atoms with van der Waals surface area (Å²) in [6.07, 6.45) is 0.980. The Morgan fingerprint density at radius 1 is 1.15 bits per heavy atom. The summed E-state index contributed by atoms with van der Waals surface area (Å²) in [5.41, 5.74) is 1.67. The molecule has 3 rings (SSSR count). The lowest BCUT2D eigenvalue weighted by molar-refractivity contribution is -0.524. The molecule has 6 nitrogen and oxygen atoms in total. The van der Waals surface area contributed by atoms with Gasteiger partial charge in [-0.3, -0.25) is 15.0 Å². The van der Waals surface area contributed by atoms with Crippen LogP contribution in [-0.2, 0) is 6.54 Å². The third kappa shape index (κ3) is 4.28. The Balaban J connectivity index is 1.89. The molecule has 1 aliphatic rings. The van der Waals surface area contributed by atoms with Crippen molar-refractivity contribution in [3.8, 4) is 0 Å². The van der Waals surface area contributed by atoms with Crippen molar-refractivity contribution < 1.29 is 9.66 Å². The minimum atomic E-state index is -0.481. The molecule has 0 N–H and O–H groups in total. The second kappa shape index (κ2) is 7.66. The summed E-state index contributed by atoms with van der Waals surface area (Å²) >= 11 is 7.04. The molecule has 27 heavy (non-hydrogen) atoms. The maximum absolute atomic E-state index is 13.0. The maximum Gasteiger partial charge on any atom is 0.269 e. The van der Waals surface area contributed by atoms with Gasteiger partial charge in [-0.15, -0.1) is 0 Å². The predicted molar refractivity (Wildman–Crippen MR) is 112 cm³/mol. The second-order valence-electron chi connectivity index (χ2n) is 6.80. The molecule has 0 amide bonds. The van der Waals surface area contributed by atoms with Gasteiger partial charge in [-0.2, -0.15) is 4.74 Å². The molecule has 0 aliphatic carbocycles. The number of nitro benzene ring substituents is 1. The van der Waals surface area contributed by atoms with Gasteiger partial charge >= 0.3 is 0 Å². The van der Waals surface area contributed by atoms with Crippen LogP contribution in [0.2, 0.25) is 0 Å². The lowest BCUT2D eigenvalue weighted by Crippen LogP contribution is -2.47. The first-order valence-corrected chi connectivity index (χ1v) is 9.59. The topological polar surface area (TPSA) is 72.5 Å². The van der Waals surface area contributed by atoms with Crippen LogP contribution in [0.25, 0.3) is 0 Å². The van der Waals surface area contributed by atoms with Crippen molar-refractivity contribution >= 4 is 40.2 Å². The first-order valence-electron chi connectivity index (χ1n) is 8.36. The van der Waals surface area contributed by atoms with Gasteiger partial charge in [-0.25, -0.2) is 0 Å². The van der Waals surface area contributed by atoms with E-state index >= 15 is 0 Å². The summed E-state index contributed by atoms with van der Waals surface area (Å²) in [6, 6.07) is 15.8. The van der Waals surface area contributed by atoms with Crippen molar-refractivity contribution in [2.24, 2.45) is 0 Å². The molecule has 0 saturated carbocycles. The molecule has 1 atom stereocenters. The maximum atomic E-state index is 13.0. The summed E-state index contributed by atoms with van der Waals surface area (Å²) in [4.78, 5) is 12.3. The first-order chi connectivity index (χ1) is 12.8. The van der Waals surface area contributed by atoms with Crippen molar-refractivity contribution in [2.75, 3.05) is 0 Å². The third-order valence-electron chi connectivity index (χ3n) is 4.32. The average molecular weight is 402 g/mol. The van der Waals surface area contributed by atoms with E-state index in [1.165, 1.54) is 30.1 Å². The van der Waals surface area contributed by atoms with E-state index < -0.39 is 15.8 Å². The Kier molecular flexibility index (Phi) is 5.48. The van der Waals surface area contributed by atoms with Crippen LogP contribution in [0, 0.1) is 15.3 Å². The Labute approximate surface area is 167 Å². The van der Waals surface area contributed by atoms with E-state index in [1.54, 1.807) is 12.1 Å². The Bertz CT molecular complexity index is 883. The number of hydrogen-bond donors (Lipinski definition) is 0. The predicted octanol–water partition coefficient (Wildman–Crippen LogP) is 4.16. The molecule has 2 aromatic rings. The SMILES string of the molecule is CC1(C)SC(=S)N(Cc2ccccc2)C1/[N+]([O-])=C/c1ccc([N+](=O)[O-])cc1. The summed E-state index contributed by atoms with van der Waals surface area (Å²) in [7, 11) is 0. The van der Waals surface area contributed by atoms with Crippen LogP contribution in [0.1, 0.15) is 25.0 Å². The van der Waals surface area contributed by atoms with Gasteiger partial charge < -0.3 is 5.21 Å². The molecule has 2 aromatic carbocycles. The molecule has 0 spiro atoms. The molecule has 1 heterocycles. The molecular formula is C19H19N3O3S2. The lowest BCUT2D eigenvalue weighted by atomic mass is 10.1. The van der Waals surface area contributed by atoms with Gasteiger partial charge in [0.25, 0.3) is 11.9 Å². The van der Waals surface area contributed by atoms with Gasteiger partial charge in [0.1, 0.15) is 9.07 Å². The number of nitrogens with zero attached hydrogens (tertiary/aromatic N) is 3. The van der Waals surface area contributed by atoms with Crippen LogP contribution in [0.5, 0.6) is 0 Å². The third-order valence-corrected chi connectivity index (χ3v) is 5.95. The molecule has 1 unspecified atom stereocenters. The fourth-order valence-electron chi connectivity index (χ4n) is 3.09. The molecule has 1 fully saturated rings. The van der Waals surface area contributed by atoms with Crippen molar-refractivity contribution in [2.45, 2.75) is 31.3 Å². The van der Waals surface area contributed by atoms with Crippen LogP contribution in [-0.4, -0.2) is 36.0 Å². The Morgan fingerprint density at radius 3 is 2.37 bits per heavy atom. The normalized spacial score (nSPS) is 19.3. The van der Waals surface area contributed by atoms with Gasteiger partial charge in [-0.1, -0.05) is 54.3 Å². The van der Waals surface area contributed by atoms with E-state index in [-0.39, 0.29) is 5.69 Å². The minimum Gasteiger partial charge on any atom is -0.622 e.